The second-order valence-electron chi connectivity index (χ2n) is 1.39. The average Bonchev–Trinajstić information content (AvgIpc) is 0.811. The molecule has 0 unspecified atom stereocenters. The van der Waals surface area contributed by atoms with E-state index >= 15 is 0 Å². The van der Waals surface area contributed by atoms with Gasteiger partial charge < -0.3 is 17.0 Å². The number of rotatable bonds is 0. The zero-order valence-electron chi connectivity index (χ0n) is 4.07. The van der Waals surface area contributed by atoms with E-state index in [0.717, 1.165) is 4.05 Å². The molecule has 0 saturated heterocycles. The van der Waals surface area contributed by atoms with Crippen molar-refractivity contribution in [3.8, 4) is 0 Å². The van der Waals surface area contributed by atoms with Gasteiger partial charge in [0.2, 0.25) is 0 Å². The summed E-state index contributed by atoms with van der Waals surface area (Å²) in [5.41, 5.74) is 0. The van der Waals surface area contributed by atoms with Gasteiger partial charge in [0.15, 0.2) is 0 Å². The smallest absolute Gasteiger partial charge is 0.269 e. The van der Waals surface area contributed by atoms with E-state index in [-0.39, 0.29) is 21.7 Å². The molecule has 0 aromatic rings. The van der Waals surface area contributed by atoms with E-state index in [4.69, 9.17) is 0 Å². The maximum atomic E-state index is 2.18. The molecule has 0 fully saturated rings. The molecule has 0 atom stereocenters. The molecule has 36 valence electrons. The molecule has 3 heteroatoms. The van der Waals surface area contributed by atoms with Gasteiger partial charge in [-0.25, -0.2) is 0 Å². The first kappa shape index (κ1) is 15.7. The first-order valence-electron chi connectivity index (χ1n) is 1.56. The van der Waals surface area contributed by atoms with Crippen molar-refractivity contribution in [1.82, 2.24) is 0 Å². The predicted octanol–water partition coefficient (Wildman–Crippen LogP) is -1.86. The van der Waals surface area contributed by atoms with Crippen molar-refractivity contribution >= 4 is 21.7 Å². The van der Waals surface area contributed by atoms with Crippen molar-refractivity contribution in [3.63, 3.8) is 0 Å². The molecular weight excluding hydrogens is 159 g/mol. The van der Waals surface area contributed by atoms with Crippen LogP contribution in [-0.4, -0.2) is 21.7 Å². The van der Waals surface area contributed by atoms with Crippen LogP contribution in [0.2, 0.25) is 4.05 Å². The van der Waals surface area contributed by atoms with Gasteiger partial charge in [0.25, 0.3) is 0 Å². The van der Waals surface area contributed by atoms with Gasteiger partial charge in [-0.3, -0.25) is 4.70 Å². The van der Waals surface area contributed by atoms with E-state index in [1.807, 2.05) is 21.7 Å². The van der Waals surface area contributed by atoms with Gasteiger partial charge in [-0.05, 0) is 0 Å². The Bertz CT molecular complexity index is 15.5. The van der Waals surface area contributed by atoms with Crippen LogP contribution < -0.4 is 17.0 Å². The van der Waals surface area contributed by atoms with Crippen LogP contribution in [0.4, 0.5) is 4.70 Å². The monoisotopic (exact) mass is 166 g/mol. The topological polar surface area (TPSA) is 0 Å². The van der Waals surface area contributed by atoms with Gasteiger partial charge in [0.05, 0.1) is 0 Å². The molecule has 0 heterocycles. The number of halogens is 2. The fourth-order valence-corrected chi connectivity index (χ4v) is 0. The Labute approximate surface area is 61.3 Å². The first-order chi connectivity index (χ1) is 1.73. The van der Waals surface area contributed by atoms with Gasteiger partial charge in [-0.15, -0.1) is 0 Å². The Morgan fingerprint density at radius 2 is 1.33 bits per heavy atom. The molecule has 0 rings (SSSR count). The Hall–Kier alpha value is 1.18. The summed E-state index contributed by atoms with van der Waals surface area (Å²) >= 11 is 2.00. The van der Waals surface area contributed by atoms with Crippen LogP contribution in [-0.2, 0) is 0 Å². The minimum Gasteiger partial charge on any atom is -1.00 e. The summed E-state index contributed by atoms with van der Waals surface area (Å²) < 4.78 is 0.861. The molecule has 0 bridgehead atoms. The molecule has 0 aliphatic rings. The van der Waals surface area contributed by atoms with Crippen LogP contribution >= 0.6 is 0 Å². The summed E-state index contributed by atoms with van der Waals surface area (Å²) in [6.07, 6.45) is 0. The average molecular weight is 167 g/mol. The maximum Gasteiger partial charge on any atom is -0.269 e. The van der Waals surface area contributed by atoms with Crippen molar-refractivity contribution < 1.29 is 21.7 Å². The Kier molecular flexibility index (Phi) is 24.8. The van der Waals surface area contributed by atoms with E-state index in [1.165, 1.54) is 0 Å². The van der Waals surface area contributed by atoms with Crippen LogP contribution in [0.15, 0.2) is 0 Å². The quantitative estimate of drug-likeness (QED) is 0.371. The first-order valence-corrected chi connectivity index (χ1v) is 2.38. The Morgan fingerprint density at radius 1 is 1.33 bits per heavy atom. The summed E-state index contributed by atoms with van der Waals surface area (Å²) in [4.78, 5) is 0. The summed E-state index contributed by atoms with van der Waals surface area (Å²) in [6.45, 7) is 4.36. The van der Waals surface area contributed by atoms with Gasteiger partial charge in [-0.2, -0.15) is 0 Å². The predicted molar refractivity (Wildman–Crippen MR) is 23.4 cm³/mol. The van der Waals surface area contributed by atoms with Gasteiger partial charge in [0.1, 0.15) is 0 Å². The molecule has 0 nitrogen and oxygen atoms in total. The molecule has 0 spiro atoms. The van der Waals surface area contributed by atoms with Crippen molar-refractivity contribution in [2.75, 3.05) is 0 Å². The van der Waals surface area contributed by atoms with E-state index in [0.29, 0.717) is 0 Å². The normalized spacial score (nSPS) is 6.17. The second-order valence-corrected chi connectivity index (χ2v) is 3.03. The van der Waals surface area contributed by atoms with E-state index < -0.39 is 0 Å². The van der Waals surface area contributed by atoms with E-state index in [2.05, 4.69) is 13.8 Å². The molecule has 0 aromatic heterocycles. The molecule has 0 saturated carbocycles. The molecule has 0 aliphatic carbocycles. The molecule has 0 aromatic carbocycles. The fraction of sp³-hybridized carbons (Fsp3) is 1.00. The van der Waals surface area contributed by atoms with Gasteiger partial charge in [-0.1, -0.05) is 0 Å². The van der Waals surface area contributed by atoms with Crippen LogP contribution in [0, 0.1) is 0 Å². The molecule has 0 aliphatic heterocycles. The molecule has 6 heavy (non-hydrogen) atoms. The molecule has 0 N–H and O–H groups in total. The Morgan fingerprint density at radius 3 is 1.33 bits per heavy atom. The second kappa shape index (κ2) is 9.49. The van der Waals surface area contributed by atoms with E-state index in [1.54, 1.807) is 0 Å². The fourth-order valence-electron chi connectivity index (χ4n) is 0. The summed E-state index contributed by atoms with van der Waals surface area (Å²) in [7, 11) is 0. The zero-order chi connectivity index (χ0) is 3.58. The van der Waals surface area contributed by atoms with Crippen molar-refractivity contribution in [1.29, 1.82) is 0 Å². The van der Waals surface area contributed by atoms with Crippen LogP contribution in [0.3, 0.4) is 0 Å². The molecular formula is C3H8BrFMg. The summed E-state index contributed by atoms with van der Waals surface area (Å²) in [5, 5.41) is 0. The van der Waals surface area contributed by atoms with Crippen molar-refractivity contribution in [3.05, 3.63) is 0 Å². The third kappa shape index (κ3) is 65.3. The van der Waals surface area contributed by atoms with E-state index in [9.17, 15) is 0 Å². The third-order valence-electron chi connectivity index (χ3n) is 0. The summed E-state index contributed by atoms with van der Waals surface area (Å²) in [5.74, 6) is 0. The Balaban J connectivity index is -0.0000000450. The largest absolute Gasteiger partial charge is 1.00 e. The minimum atomic E-state index is 0. The minimum absolute atomic E-state index is 0. The van der Waals surface area contributed by atoms with Crippen LogP contribution in [0.5, 0.6) is 0 Å². The number of hydrogen-bond donors (Lipinski definition) is 0. The van der Waals surface area contributed by atoms with Gasteiger partial charge in [0, 0.05) is 0 Å². The SMILES string of the molecule is C[CH](C)[Mg+].F.[Br-]. The number of hydrogen-bond acceptors (Lipinski definition) is 0. The zero-order valence-corrected chi connectivity index (χ0v) is 7.07. The van der Waals surface area contributed by atoms with Crippen LogP contribution in [0.1, 0.15) is 13.8 Å². The molecule has 0 radical (unpaired) electrons. The van der Waals surface area contributed by atoms with Gasteiger partial charge >= 0.3 is 39.6 Å². The van der Waals surface area contributed by atoms with Crippen molar-refractivity contribution in [2.24, 2.45) is 0 Å². The standard InChI is InChI=1S/C3H7.BrH.FH.Mg/c1-3-2;;;/h3H,1-2H3;2*1H;/q;;;+1/p-1. The summed E-state index contributed by atoms with van der Waals surface area (Å²) in [6, 6.07) is 0. The maximum absolute atomic E-state index is 2.18. The van der Waals surface area contributed by atoms with Crippen molar-refractivity contribution in [2.45, 2.75) is 17.9 Å². The van der Waals surface area contributed by atoms with Crippen LogP contribution in [0.25, 0.3) is 0 Å². The third-order valence-corrected chi connectivity index (χ3v) is 0. The molecule has 0 amide bonds.